The highest BCUT2D eigenvalue weighted by atomic mass is 16.5. The second-order valence-electron chi connectivity index (χ2n) is 5.76. The van der Waals surface area contributed by atoms with E-state index in [0.29, 0.717) is 17.7 Å². The zero-order valence-corrected chi connectivity index (χ0v) is 12.5. The number of rotatable bonds is 5. The molecule has 3 rings (SSSR count). The van der Waals surface area contributed by atoms with Gasteiger partial charge in [0.05, 0.1) is 13.2 Å². The van der Waals surface area contributed by atoms with Gasteiger partial charge in [-0.2, -0.15) is 0 Å². The fourth-order valence-electron chi connectivity index (χ4n) is 2.64. The van der Waals surface area contributed by atoms with Gasteiger partial charge in [-0.15, -0.1) is 0 Å². The van der Waals surface area contributed by atoms with Crippen molar-refractivity contribution in [1.29, 1.82) is 0 Å². The van der Waals surface area contributed by atoms with E-state index >= 15 is 0 Å². The van der Waals surface area contributed by atoms with Gasteiger partial charge in [0, 0.05) is 11.8 Å². The quantitative estimate of drug-likeness (QED) is 0.861. The summed E-state index contributed by atoms with van der Waals surface area (Å²) in [5.41, 5.74) is 3.50. The third-order valence-corrected chi connectivity index (χ3v) is 4.03. The third kappa shape index (κ3) is 3.13. The Labute approximate surface area is 125 Å². The molecule has 2 aromatic carbocycles. The number of methoxy groups -OCH3 is 1. The Morgan fingerprint density at radius 1 is 1.14 bits per heavy atom. The third-order valence-electron chi connectivity index (χ3n) is 4.03. The fourth-order valence-corrected chi connectivity index (χ4v) is 2.64. The molecule has 21 heavy (non-hydrogen) atoms. The lowest BCUT2D eigenvalue weighted by atomic mass is 10.0. The summed E-state index contributed by atoms with van der Waals surface area (Å²) in [6.45, 7) is 2.10. The van der Waals surface area contributed by atoms with Gasteiger partial charge in [-0.05, 0) is 43.4 Å². The van der Waals surface area contributed by atoms with Gasteiger partial charge in [-0.25, -0.2) is 0 Å². The normalized spacial score (nSPS) is 15.5. The van der Waals surface area contributed by atoms with Crippen molar-refractivity contribution in [3.05, 3.63) is 53.6 Å². The van der Waals surface area contributed by atoms with E-state index < -0.39 is 0 Å². The summed E-state index contributed by atoms with van der Waals surface area (Å²) in [5.74, 6) is 1.34. The predicted molar refractivity (Wildman–Crippen MR) is 84.9 cm³/mol. The van der Waals surface area contributed by atoms with Gasteiger partial charge in [0.1, 0.15) is 0 Å². The molecule has 0 saturated heterocycles. The molecule has 1 fully saturated rings. The first-order chi connectivity index (χ1) is 10.2. The minimum Gasteiger partial charge on any atom is -0.504 e. The van der Waals surface area contributed by atoms with Crippen LogP contribution in [-0.2, 0) is 0 Å². The maximum Gasteiger partial charge on any atom is 0.160 e. The van der Waals surface area contributed by atoms with Crippen LogP contribution >= 0.6 is 0 Å². The van der Waals surface area contributed by atoms with Crippen LogP contribution in [0.15, 0.2) is 42.5 Å². The summed E-state index contributed by atoms with van der Waals surface area (Å²) in [6.07, 6.45) is 2.52. The van der Waals surface area contributed by atoms with Crippen molar-refractivity contribution in [2.24, 2.45) is 5.92 Å². The standard InChI is InChI=1S/C18H21NO2/c1-12-3-5-13(6-4-12)18(14-7-8-14)19-15-9-10-17(21-2)16(20)11-15/h3-6,9-11,14,18-20H,7-8H2,1-2H3. The van der Waals surface area contributed by atoms with E-state index in [0.717, 1.165) is 5.69 Å². The molecule has 0 heterocycles. The van der Waals surface area contributed by atoms with Gasteiger partial charge in [-0.1, -0.05) is 29.8 Å². The summed E-state index contributed by atoms with van der Waals surface area (Å²) in [6, 6.07) is 14.4. The second-order valence-corrected chi connectivity index (χ2v) is 5.76. The second kappa shape index (κ2) is 5.68. The fraction of sp³-hybridized carbons (Fsp3) is 0.333. The highest BCUT2D eigenvalue weighted by Gasteiger charge is 2.32. The van der Waals surface area contributed by atoms with E-state index in [9.17, 15) is 5.11 Å². The molecule has 2 N–H and O–H groups in total. The van der Waals surface area contributed by atoms with Crippen LogP contribution in [0.2, 0.25) is 0 Å². The van der Waals surface area contributed by atoms with E-state index in [2.05, 4.69) is 36.5 Å². The van der Waals surface area contributed by atoms with Crippen LogP contribution in [0, 0.1) is 12.8 Å². The lowest BCUT2D eigenvalue weighted by Gasteiger charge is -2.21. The highest BCUT2D eigenvalue weighted by Crippen LogP contribution is 2.43. The smallest absolute Gasteiger partial charge is 0.160 e. The number of nitrogens with one attached hydrogen (secondary N) is 1. The van der Waals surface area contributed by atoms with Crippen molar-refractivity contribution in [1.82, 2.24) is 0 Å². The van der Waals surface area contributed by atoms with Crippen LogP contribution in [0.3, 0.4) is 0 Å². The first-order valence-electron chi connectivity index (χ1n) is 7.37. The van der Waals surface area contributed by atoms with Crippen molar-refractivity contribution < 1.29 is 9.84 Å². The van der Waals surface area contributed by atoms with Crippen LogP contribution in [0.5, 0.6) is 11.5 Å². The minimum atomic E-state index is 0.168. The van der Waals surface area contributed by atoms with Crippen LogP contribution in [0.1, 0.15) is 30.0 Å². The average molecular weight is 283 g/mol. The Balaban J connectivity index is 1.82. The molecule has 3 nitrogen and oxygen atoms in total. The van der Waals surface area contributed by atoms with Crippen LogP contribution in [0.25, 0.3) is 0 Å². The molecule has 1 aliphatic carbocycles. The molecule has 1 atom stereocenters. The van der Waals surface area contributed by atoms with Gasteiger partial charge < -0.3 is 15.2 Å². The highest BCUT2D eigenvalue weighted by molar-refractivity contribution is 5.55. The van der Waals surface area contributed by atoms with Gasteiger partial charge in [0.2, 0.25) is 0 Å². The maximum absolute atomic E-state index is 9.90. The molecule has 0 radical (unpaired) electrons. The Hall–Kier alpha value is -2.16. The number of phenols is 1. The predicted octanol–water partition coefficient (Wildman–Crippen LogP) is 4.27. The van der Waals surface area contributed by atoms with Gasteiger partial charge >= 0.3 is 0 Å². The Kier molecular flexibility index (Phi) is 3.74. The number of benzene rings is 2. The molecule has 110 valence electrons. The minimum absolute atomic E-state index is 0.168. The summed E-state index contributed by atoms with van der Waals surface area (Å²) in [4.78, 5) is 0. The topological polar surface area (TPSA) is 41.5 Å². The lowest BCUT2D eigenvalue weighted by Crippen LogP contribution is -2.12. The SMILES string of the molecule is COc1ccc(NC(c2ccc(C)cc2)C2CC2)cc1O. The number of ether oxygens (including phenoxy) is 1. The molecule has 3 heteroatoms. The lowest BCUT2D eigenvalue weighted by molar-refractivity contribution is 0.373. The molecular weight excluding hydrogens is 262 g/mol. The monoisotopic (exact) mass is 283 g/mol. The zero-order chi connectivity index (χ0) is 14.8. The molecule has 0 spiro atoms. The Bertz CT molecular complexity index is 618. The van der Waals surface area contributed by atoms with Crippen LogP contribution in [0.4, 0.5) is 5.69 Å². The number of anilines is 1. The largest absolute Gasteiger partial charge is 0.504 e. The number of hydrogen-bond acceptors (Lipinski definition) is 3. The first-order valence-corrected chi connectivity index (χ1v) is 7.37. The summed E-state index contributed by atoms with van der Waals surface area (Å²) < 4.78 is 5.08. The van der Waals surface area contributed by atoms with Crippen LogP contribution < -0.4 is 10.1 Å². The molecule has 1 saturated carbocycles. The van der Waals surface area contributed by atoms with E-state index in [1.165, 1.54) is 24.0 Å². The molecule has 0 amide bonds. The molecule has 0 bridgehead atoms. The summed E-state index contributed by atoms with van der Waals surface area (Å²) in [5, 5.41) is 13.5. The number of phenolic OH excluding ortho intramolecular Hbond substituents is 1. The maximum atomic E-state index is 9.90. The van der Waals surface area contributed by atoms with E-state index in [1.807, 2.05) is 6.07 Å². The number of aryl methyl sites for hydroxylation is 1. The summed E-state index contributed by atoms with van der Waals surface area (Å²) in [7, 11) is 1.56. The Morgan fingerprint density at radius 2 is 1.86 bits per heavy atom. The molecule has 1 unspecified atom stereocenters. The molecular formula is C18H21NO2. The van der Waals surface area contributed by atoms with Crippen molar-refractivity contribution in [3.63, 3.8) is 0 Å². The molecule has 2 aromatic rings. The Morgan fingerprint density at radius 3 is 2.43 bits per heavy atom. The van der Waals surface area contributed by atoms with Crippen molar-refractivity contribution in [2.45, 2.75) is 25.8 Å². The molecule has 0 aromatic heterocycles. The average Bonchev–Trinajstić information content (AvgIpc) is 3.31. The van der Waals surface area contributed by atoms with E-state index in [1.54, 1.807) is 19.2 Å². The molecule has 1 aliphatic rings. The zero-order valence-electron chi connectivity index (χ0n) is 12.5. The van der Waals surface area contributed by atoms with Crippen molar-refractivity contribution >= 4 is 5.69 Å². The van der Waals surface area contributed by atoms with Gasteiger partial charge in [-0.3, -0.25) is 0 Å². The van der Waals surface area contributed by atoms with Gasteiger partial charge in [0.25, 0.3) is 0 Å². The summed E-state index contributed by atoms with van der Waals surface area (Å²) >= 11 is 0. The van der Waals surface area contributed by atoms with E-state index in [-0.39, 0.29) is 5.75 Å². The number of aromatic hydroxyl groups is 1. The number of hydrogen-bond donors (Lipinski definition) is 2. The molecule has 0 aliphatic heterocycles. The van der Waals surface area contributed by atoms with Crippen LogP contribution in [-0.4, -0.2) is 12.2 Å². The van der Waals surface area contributed by atoms with E-state index in [4.69, 9.17) is 4.74 Å². The van der Waals surface area contributed by atoms with Crippen molar-refractivity contribution in [2.75, 3.05) is 12.4 Å². The van der Waals surface area contributed by atoms with Crippen molar-refractivity contribution in [3.8, 4) is 11.5 Å². The first kappa shape index (κ1) is 13.8. The van der Waals surface area contributed by atoms with Gasteiger partial charge in [0.15, 0.2) is 11.5 Å².